The average Bonchev–Trinajstić information content (AvgIpc) is 2.14. The smallest absolute Gasteiger partial charge is 0.328 e. The first-order valence-electron chi connectivity index (χ1n) is 4.33. The van der Waals surface area contributed by atoms with E-state index in [0.29, 0.717) is 4.57 Å². The summed E-state index contributed by atoms with van der Waals surface area (Å²) in [6.45, 7) is 0.517. The molecule has 5 nitrogen and oxygen atoms in total. The molecule has 0 amide bonds. The predicted molar refractivity (Wildman–Crippen MR) is 51.0 cm³/mol. The zero-order chi connectivity index (χ0) is 11.6. The molecule has 0 aliphatic carbocycles. The second-order valence-corrected chi connectivity index (χ2v) is 3.18. The second kappa shape index (κ2) is 3.84. The molecular formula is C8H11F2N3O2. The number of nitrogens with two attached hydrogens (primary N) is 1. The highest BCUT2D eigenvalue weighted by Gasteiger charge is 2.27. The Labute approximate surface area is 83.5 Å². The summed E-state index contributed by atoms with van der Waals surface area (Å²) in [7, 11) is 0. The fourth-order valence-electron chi connectivity index (χ4n) is 1.00. The van der Waals surface area contributed by atoms with Crippen LogP contribution in [0.4, 0.5) is 14.5 Å². The molecule has 0 atom stereocenters. The first-order chi connectivity index (χ1) is 6.85. The molecule has 0 spiro atoms. The van der Waals surface area contributed by atoms with Gasteiger partial charge in [-0.05, 0) is 0 Å². The molecule has 3 N–H and O–H groups in total. The fourth-order valence-corrected chi connectivity index (χ4v) is 1.00. The van der Waals surface area contributed by atoms with Crippen molar-refractivity contribution in [2.45, 2.75) is 25.8 Å². The van der Waals surface area contributed by atoms with Crippen molar-refractivity contribution in [3.8, 4) is 0 Å². The molecule has 0 unspecified atom stereocenters. The molecule has 1 aromatic rings. The standard InChI is InChI=1S/C8H11F2N3O2/c1-2-8(9,10)4-13-3-5(11)6(14)12-7(13)15/h3H,2,4,11H2,1H3,(H,12,14,15). The highest BCUT2D eigenvalue weighted by molar-refractivity contribution is 5.30. The predicted octanol–water partition coefficient (Wildman–Crippen LogP) is 0.164. The maximum absolute atomic E-state index is 13.0. The molecule has 0 aromatic carbocycles. The van der Waals surface area contributed by atoms with Gasteiger partial charge in [0.15, 0.2) is 0 Å². The van der Waals surface area contributed by atoms with Gasteiger partial charge in [0, 0.05) is 12.6 Å². The zero-order valence-electron chi connectivity index (χ0n) is 8.09. The van der Waals surface area contributed by atoms with Crippen LogP contribution < -0.4 is 17.0 Å². The van der Waals surface area contributed by atoms with E-state index in [1.165, 1.54) is 6.92 Å². The van der Waals surface area contributed by atoms with Gasteiger partial charge in [-0.3, -0.25) is 14.3 Å². The molecule has 0 saturated heterocycles. The first-order valence-corrected chi connectivity index (χ1v) is 4.33. The Balaban J connectivity index is 3.12. The van der Waals surface area contributed by atoms with Gasteiger partial charge in [-0.15, -0.1) is 0 Å². The lowest BCUT2D eigenvalue weighted by molar-refractivity contribution is -0.0210. The summed E-state index contributed by atoms with van der Waals surface area (Å²) in [5, 5.41) is 0. The molecule has 84 valence electrons. The maximum Gasteiger partial charge on any atom is 0.328 e. The Hall–Kier alpha value is -1.66. The van der Waals surface area contributed by atoms with E-state index in [0.717, 1.165) is 6.20 Å². The summed E-state index contributed by atoms with van der Waals surface area (Å²) < 4.78 is 26.6. The first kappa shape index (κ1) is 11.4. The quantitative estimate of drug-likeness (QED) is 0.760. The summed E-state index contributed by atoms with van der Waals surface area (Å²) in [5.41, 5.74) is 3.28. The van der Waals surface area contributed by atoms with Crippen LogP contribution in [0.2, 0.25) is 0 Å². The molecule has 1 aromatic heterocycles. The van der Waals surface area contributed by atoms with Crippen LogP contribution in [0.5, 0.6) is 0 Å². The van der Waals surface area contributed by atoms with Gasteiger partial charge in [0.1, 0.15) is 5.69 Å². The number of halogens is 2. The molecular weight excluding hydrogens is 208 g/mol. The van der Waals surface area contributed by atoms with E-state index in [2.05, 4.69) is 0 Å². The van der Waals surface area contributed by atoms with Crippen molar-refractivity contribution < 1.29 is 8.78 Å². The summed E-state index contributed by atoms with van der Waals surface area (Å²) in [6, 6.07) is 0. The number of rotatable bonds is 3. The minimum Gasteiger partial charge on any atom is -0.393 e. The fraction of sp³-hybridized carbons (Fsp3) is 0.500. The van der Waals surface area contributed by atoms with Gasteiger partial charge in [-0.25, -0.2) is 13.6 Å². The van der Waals surface area contributed by atoms with Crippen molar-refractivity contribution in [2.75, 3.05) is 5.73 Å². The topological polar surface area (TPSA) is 80.9 Å². The lowest BCUT2D eigenvalue weighted by Gasteiger charge is -2.15. The third-order valence-corrected chi connectivity index (χ3v) is 1.96. The second-order valence-electron chi connectivity index (χ2n) is 3.18. The van der Waals surface area contributed by atoms with Crippen molar-refractivity contribution in [3.63, 3.8) is 0 Å². The molecule has 0 bridgehead atoms. The van der Waals surface area contributed by atoms with Crippen LogP contribution in [0.1, 0.15) is 13.3 Å². The molecule has 1 heterocycles. The Morgan fingerprint density at radius 3 is 2.67 bits per heavy atom. The van der Waals surface area contributed by atoms with E-state index >= 15 is 0 Å². The largest absolute Gasteiger partial charge is 0.393 e. The monoisotopic (exact) mass is 219 g/mol. The SMILES string of the molecule is CCC(F)(F)Cn1cc(N)c(=O)[nH]c1=O. The normalized spacial score (nSPS) is 11.7. The number of nitrogens with one attached hydrogen (secondary N) is 1. The van der Waals surface area contributed by atoms with Crippen LogP contribution in [0.25, 0.3) is 0 Å². The van der Waals surface area contributed by atoms with E-state index in [-0.39, 0.29) is 5.69 Å². The van der Waals surface area contributed by atoms with E-state index in [9.17, 15) is 18.4 Å². The van der Waals surface area contributed by atoms with Crippen molar-refractivity contribution in [2.24, 2.45) is 0 Å². The molecule has 7 heteroatoms. The number of aromatic nitrogens is 2. The number of aromatic amines is 1. The summed E-state index contributed by atoms with van der Waals surface area (Å²) in [6.07, 6.45) is 0.531. The number of hydrogen-bond acceptors (Lipinski definition) is 3. The zero-order valence-corrected chi connectivity index (χ0v) is 8.09. The third kappa shape index (κ3) is 2.64. The Morgan fingerprint density at radius 1 is 1.53 bits per heavy atom. The Bertz CT molecular complexity index is 464. The Kier molecular flexibility index (Phi) is 2.92. The van der Waals surface area contributed by atoms with E-state index in [1.807, 2.05) is 4.98 Å². The average molecular weight is 219 g/mol. The molecule has 0 aliphatic rings. The van der Waals surface area contributed by atoms with Crippen LogP contribution in [0.15, 0.2) is 15.8 Å². The lowest BCUT2D eigenvalue weighted by atomic mass is 10.2. The highest BCUT2D eigenvalue weighted by Crippen LogP contribution is 2.19. The number of alkyl halides is 2. The molecule has 0 aliphatic heterocycles. The van der Waals surface area contributed by atoms with Gasteiger partial charge in [0.05, 0.1) is 6.54 Å². The summed E-state index contributed by atoms with van der Waals surface area (Å²) in [5.74, 6) is -2.99. The van der Waals surface area contributed by atoms with Crippen molar-refractivity contribution in [1.82, 2.24) is 9.55 Å². The molecule has 0 fully saturated rings. The highest BCUT2D eigenvalue weighted by atomic mass is 19.3. The molecule has 0 saturated carbocycles. The number of anilines is 1. The van der Waals surface area contributed by atoms with Crippen LogP contribution in [-0.4, -0.2) is 15.5 Å². The summed E-state index contributed by atoms with van der Waals surface area (Å²) >= 11 is 0. The van der Waals surface area contributed by atoms with Gasteiger partial charge in [-0.2, -0.15) is 0 Å². The van der Waals surface area contributed by atoms with Crippen molar-refractivity contribution in [1.29, 1.82) is 0 Å². The van der Waals surface area contributed by atoms with Gasteiger partial charge < -0.3 is 5.73 Å². The Morgan fingerprint density at radius 2 is 2.13 bits per heavy atom. The van der Waals surface area contributed by atoms with Gasteiger partial charge >= 0.3 is 5.69 Å². The molecule has 1 rings (SSSR count). The lowest BCUT2D eigenvalue weighted by Crippen LogP contribution is -2.36. The summed E-state index contributed by atoms with van der Waals surface area (Å²) in [4.78, 5) is 23.8. The van der Waals surface area contributed by atoms with Crippen LogP contribution in [0, 0.1) is 0 Å². The minimum absolute atomic E-state index is 0.262. The number of nitrogens with zero attached hydrogens (tertiary/aromatic N) is 1. The molecule has 0 radical (unpaired) electrons. The van der Waals surface area contributed by atoms with Gasteiger partial charge in [0.25, 0.3) is 11.5 Å². The number of H-pyrrole nitrogens is 1. The van der Waals surface area contributed by atoms with Crippen molar-refractivity contribution in [3.05, 3.63) is 27.0 Å². The number of hydrogen-bond donors (Lipinski definition) is 2. The number of nitrogen functional groups attached to an aromatic ring is 1. The van der Waals surface area contributed by atoms with E-state index in [1.54, 1.807) is 0 Å². The van der Waals surface area contributed by atoms with Crippen LogP contribution >= 0.6 is 0 Å². The molecule has 15 heavy (non-hydrogen) atoms. The van der Waals surface area contributed by atoms with Gasteiger partial charge in [-0.1, -0.05) is 6.92 Å². The third-order valence-electron chi connectivity index (χ3n) is 1.96. The van der Waals surface area contributed by atoms with Crippen LogP contribution in [-0.2, 0) is 6.54 Å². The van der Waals surface area contributed by atoms with Crippen LogP contribution in [0.3, 0.4) is 0 Å². The van der Waals surface area contributed by atoms with E-state index < -0.39 is 30.1 Å². The minimum atomic E-state index is -2.99. The maximum atomic E-state index is 13.0. The van der Waals surface area contributed by atoms with Crippen molar-refractivity contribution >= 4 is 5.69 Å². The van der Waals surface area contributed by atoms with E-state index in [4.69, 9.17) is 5.73 Å². The van der Waals surface area contributed by atoms with Gasteiger partial charge in [0.2, 0.25) is 0 Å².